The number of fused-ring (bicyclic) bond motifs is 1. The van der Waals surface area contributed by atoms with Gasteiger partial charge in [-0.2, -0.15) is 9.61 Å². The van der Waals surface area contributed by atoms with Crippen LogP contribution in [0.4, 0.5) is 5.69 Å². The second-order valence-electron chi connectivity index (χ2n) is 6.38. The first-order valence-electron chi connectivity index (χ1n) is 8.97. The van der Waals surface area contributed by atoms with Gasteiger partial charge in [-0.1, -0.05) is 12.1 Å². The van der Waals surface area contributed by atoms with E-state index in [1.54, 1.807) is 29.0 Å². The number of aromatic nitrogens is 5. The number of hydrogen-bond acceptors (Lipinski definition) is 6. The SMILES string of the molecule is O=C(Nc1ccc(-c2ccc3nnc(-c4ccncc4)n3n2)cc1)c1ccc(Br)o1. The second kappa shape index (κ2) is 7.53. The molecule has 0 aliphatic carbocycles. The Kier molecular flexibility index (Phi) is 4.56. The van der Waals surface area contributed by atoms with Crippen LogP contribution in [0.3, 0.4) is 0 Å². The van der Waals surface area contributed by atoms with E-state index >= 15 is 0 Å². The Morgan fingerprint density at radius 3 is 2.43 bits per heavy atom. The fraction of sp³-hybridized carbons (Fsp3) is 0. The van der Waals surface area contributed by atoms with Crippen LogP contribution in [0.15, 0.2) is 82.1 Å². The summed E-state index contributed by atoms with van der Waals surface area (Å²) in [6.07, 6.45) is 3.41. The summed E-state index contributed by atoms with van der Waals surface area (Å²) in [5.41, 5.74) is 3.83. The van der Waals surface area contributed by atoms with Gasteiger partial charge in [0.25, 0.3) is 5.91 Å². The molecule has 0 spiro atoms. The minimum absolute atomic E-state index is 0.231. The Morgan fingerprint density at radius 2 is 1.70 bits per heavy atom. The summed E-state index contributed by atoms with van der Waals surface area (Å²) in [7, 11) is 0. The first kappa shape index (κ1) is 18.2. The summed E-state index contributed by atoms with van der Waals surface area (Å²) in [4.78, 5) is 16.2. The molecule has 0 radical (unpaired) electrons. The minimum Gasteiger partial charge on any atom is -0.444 e. The lowest BCUT2D eigenvalue weighted by atomic mass is 10.1. The number of nitrogens with one attached hydrogen (secondary N) is 1. The smallest absolute Gasteiger partial charge is 0.291 e. The van der Waals surface area contributed by atoms with Crippen LogP contribution in [0.25, 0.3) is 28.3 Å². The molecule has 0 aliphatic heterocycles. The third-order valence-corrected chi connectivity index (χ3v) is 4.86. The number of pyridine rings is 1. The van der Waals surface area contributed by atoms with Gasteiger partial charge in [0.1, 0.15) is 0 Å². The third-order valence-electron chi connectivity index (χ3n) is 4.44. The summed E-state index contributed by atoms with van der Waals surface area (Å²) in [6, 6.07) is 18.1. The molecule has 5 aromatic rings. The number of anilines is 1. The van der Waals surface area contributed by atoms with Gasteiger partial charge in [-0.05, 0) is 64.5 Å². The molecule has 0 fully saturated rings. The lowest BCUT2D eigenvalue weighted by molar-refractivity contribution is 0.0995. The van der Waals surface area contributed by atoms with Crippen LogP contribution in [0.5, 0.6) is 0 Å². The number of furan rings is 1. The number of halogens is 1. The Balaban J connectivity index is 1.42. The van der Waals surface area contributed by atoms with Crippen molar-refractivity contribution < 1.29 is 9.21 Å². The van der Waals surface area contributed by atoms with Crippen molar-refractivity contribution >= 4 is 33.2 Å². The molecule has 5 rings (SSSR count). The zero-order chi connectivity index (χ0) is 20.5. The minimum atomic E-state index is -0.320. The Hall–Kier alpha value is -3.85. The van der Waals surface area contributed by atoms with Crippen LogP contribution in [0.1, 0.15) is 10.6 Å². The predicted molar refractivity (Wildman–Crippen MR) is 114 cm³/mol. The van der Waals surface area contributed by atoms with E-state index in [1.165, 1.54) is 0 Å². The van der Waals surface area contributed by atoms with Gasteiger partial charge in [-0.15, -0.1) is 10.2 Å². The van der Waals surface area contributed by atoms with Gasteiger partial charge in [0.05, 0.1) is 5.69 Å². The van der Waals surface area contributed by atoms with Crippen LogP contribution in [0.2, 0.25) is 0 Å². The molecule has 0 unspecified atom stereocenters. The number of carbonyl (C=O) groups excluding carboxylic acids is 1. The van der Waals surface area contributed by atoms with Crippen molar-refractivity contribution in [3.05, 3.63) is 83.5 Å². The van der Waals surface area contributed by atoms with E-state index in [1.807, 2.05) is 48.5 Å². The van der Waals surface area contributed by atoms with Gasteiger partial charge >= 0.3 is 0 Å². The maximum absolute atomic E-state index is 12.2. The molecule has 0 bridgehead atoms. The summed E-state index contributed by atoms with van der Waals surface area (Å²) in [6.45, 7) is 0. The van der Waals surface area contributed by atoms with E-state index in [-0.39, 0.29) is 11.7 Å². The highest BCUT2D eigenvalue weighted by Gasteiger charge is 2.12. The molecule has 0 aliphatic rings. The second-order valence-corrected chi connectivity index (χ2v) is 7.16. The van der Waals surface area contributed by atoms with Crippen molar-refractivity contribution in [2.24, 2.45) is 0 Å². The summed E-state index contributed by atoms with van der Waals surface area (Å²) < 4.78 is 7.48. The van der Waals surface area contributed by atoms with Gasteiger partial charge in [-0.25, -0.2) is 0 Å². The number of amides is 1. The number of carbonyl (C=O) groups is 1. The normalized spacial score (nSPS) is 11.0. The van der Waals surface area contributed by atoms with Crippen molar-refractivity contribution in [3.8, 4) is 22.6 Å². The Labute approximate surface area is 178 Å². The van der Waals surface area contributed by atoms with Gasteiger partial charge < -0.3 is 9.73 Å². The number of rotatable bonds is 4. The van der Waals surface area contributed by atoms with Gasteiger partial charge in [0.2, 0.25) is 0 Å². The van der Waals surface area contributed by atoms with Crippen molar-refractivity contribution in [3.63, 3.8) is 0 Å². The quantitative estimate of drug-likeness (QED) is 0.425. The molecule has 0 atom stereocenters. The van der Waals surface area contributed by atoms with E-state index < -0.39 is 0 Å². The predicted octanol–water partition coefficient (Wildman–Crippen LogP) is 4.46. The highest BCUT2D eigenvalue weighted by molar-refractivity contribution is 9.10. The number of hydrogen-bond donors (Lipinski definition) is 1. The van der Waals surface area contributed by atoms with E-state index in [0.717, 1.165) is 16.8 Å². The lowest BCUT2D eigenvalue weighted by Crippen LogP contribution is -2.10. The monoisotopic (exact) mass is 460 g/mol. The molecule has 1 aromatic carbocycles. The average molecular weight is 461 g/mol. The van der Waals surface area contributed by atoms with Crippen molar-refractivity contribution in [2.75, 3.05) is 5.32 Å². The molecule has 4 aromatic heterocycles. The summed E-state index contributed by atoms with van der Waals surface area (Å²) in [5.74, 6) is 0.552. The van der Waals surface area contributed by atoms with Crippen molar-refractivity contribution in [1.82, 2.24) is 24.8 Å². The molecular weight excluding hydrogens is 448 g/mol. The molecule has 8 nitrogen and oxygen atoms in total. The zero-order valence-electron chi connectivity index (χ0n) is 15.4. The molecule has 4 heterocycles. The maximum atomic E-state index is 12.2. The third kappa shape index (κ3) is 3.46. The fourth-order valence-corrected chi connectivity index (χ4v) is 3.28. The van der Waals surface area contributed by atoms with Gasteiger partial charge in [-0.3, -0.25) is 9.78 Å². The molecule has 146 valence electrons. The molecule has 1 amide bonds. The molecule has 0 saturated heterocycles. The van der Waals surface area contributed by atoms with E-state index in [4.69, 9.17) is 4.42 Å². The number of benzene rings is 1. The fourth-order valence-electron chi connectivity index (χ4n) is 2.98. The molecule has 9 heteroatoms. The zero-order valence-corrected chi connectivity index (χ0v) is 16.9. The van der Waals surface area contributed by atoms with E-state index in [0.29, 0.717) is 21.8 Å². The Bertz CT molecular complexity index is 1350. The summed E-state index contributed by atoms with van der Waals surface area (Å²) >= 11 is 3.19. The summed E-state index contributed by atoms with van der Waals surface area (Å²) in [5, 5.41) is 15.9. The van der Waals surface area contributed by atoms with Gasteiger partial charge in [0.15, 0.2) is 21.9 Å². The molecule has 1 N–H and O–H groups in total. The number of nitrogens with zero attached hydrogens (tertiary/aromatic N) is 5. The van der Waals surface area contributed by atoms with Crippen molar-refractivity contribution in [2.45, 2.75) is 0 Å². The molecular formula is C21H13BrN6O2. The molecule has 0 saturated carbocycles. The van der Waals surface area contributed by atoms with Gasteiger partial charge in [0, 0.05) is 29.2 Å². The van der Waals surface area contributed by atoms with Crippen LogP contribution >= 0.6 is 15.9 Å². The van der Waals surface area contributed by atoms with Crippen LogP contribution in [-0.2, 0) is 0 Å². The highest BCUT2D eigenvalue weighted by Crippen LogP contribution is 2.23. The maximum Gasteiger partial charge on any atom is 0.291 e. The first-order chi connectivity index (χ1) is 14.7. The highest BCUT2D eigenvalue weighted by atomic mass is 79.9. The van der Waals surface area contributed by atoms with Crippen molar-refractivity contribution in [1.29, 1.82) is 0 Å². The van der Waals surface area contributed by atoms with Crippen LogP contribution in [-0.4, -0.2) is 30.7 Å². The van der Waals surface area contributed by atoms with E-state index in [9.17, 15) is 4.79 Å². The largest absolute Gasteiger partial charge is 0.444 e. The molecule has 30 heavy (non-hydrogen) atoms. The van der Waals surface area contributed by atoms with E-state index in [2.05, 4.69) is 41.5 Å². The Morgan fingerprint density at radius 1 is 0.900 bits per heavy atom. The van der Waals surface area contributed by atoms with Crippen LogP contribution < -0.4 is 5.32 Å². The standard InChI is InChI=1S/C21H13BrN6O2/c22-18-7-6-17(30-18)21(29)24-15-3-1-13(2-4-15)16-5-8-19-25-26-20(28(19)27-16)14-9-11-23-12-10-14/h1-12H,(H,24,29). The average Bonchev–Trinajstić information content (AvgIpc) is 3.41. The first-order valence-corrected chi connectivity index (χ1v) is 9.77. The van der Waals surface area contributed by atoms with Crippen LogP contribution in [0, 0.1) is 0 Å². The topological polar surface area (TPSA) is 98.2 Å². The lowest BCUT2D eigenvalue weighted by Gasteiger charge is -2.06.